The van der Waals surface area contributed by atoms with Crippen molar-refractivity contribution in [2.45, 2.75) is 36.6 Å². The monoisotopic (exact) mass is 295 g/mol. The number of carboxylic acids is 1. The zero-order valence-electron chi connectivity index (χ0n) is 11.0. The van der Waals surface area contributed by atoms with Gasteiger partial charge in [-0.05, 0) is 49.8 Å². The lowest BCUT2D eigenvalue weighted by Gasteiger charge is -2.21. The van der Waals surface area contributed by atoms with Gasteiger partial charge in [-0.3, -0.25) is 0 Å². The Morgan fingerprint density at radius 3 is 2.50 bits per heavy atom. The average Bonchev–Trinajstić information content (AvgIpc) is 3.27. The van der Waals surface area contributed by atoms with Crippen molar-refractivity contribution in [3.63, 3.8) is 0 Å². The summed E-state index contributed by atoms with van der Waals surface area (Å²) in [5.41, 5.74) is 0.00763. The summed E-state index contributed by atoms with van der Waals surface area (Å²) in [6.07, 6.45) is 4.00. The SMILES string of the molecule is O=C(O)c1cccc(S(=O)(=O)N(CC2CC2)C2CC2)c1. The van der Waals surface area contributed by atoms with E-state index >= 15 is 0 Å². The van der Waals surface area contributed by atoms with E-state index in [1.54, 1.807) is 4.31 Å². The summed E-state index contributed by atoms with van der Waals surface area (Å²) in [5.74, 6) is -0.629. The van der Waals surface area contributed by atoms with E-state index in [-0.39, 0.29) is 16.5 Å². The molecule has 1 N–H and O–H groups in total. The molecule has 20 heavy (non-hydrogen) atoms. The standard InChI is InChI=1S/C14H17NO4S/c16-14(17)11-2-1-3-13(8-11)20(18,19)15(12-6-7-12)9-10-4-5-10/h1-3,8,10,12H,4-7,9H2,(H,16,17). The van der Waals surface area contributed by atoms with E-state index in [9.17, 15) is 13.2 Å². The van der Waals surface area contributed by atoms with Crippen molar-refractivity contribution in [1.29, 1.82) is 0 Å². The van der Waals surface area contributed by atoms with Gasteiger partial charge in [0, 0.05) is 12.6 Å². The van der Waals surface area contributed by atoms with Crippen LogP contribution in [0.3, 0.4) is 0 Å². The first-order valence-corrected chi connectivity index (χ1v) is 8.27. The molecule has 108 valence electrons. The molecule has 0 aromatic heterocycles. The van der Waals surface area contributed by atoms with Crippen molar-refractivity contribution in [1.82, 2.24) is 4.31 Å². The Morgan fingerprint density at radius 2 is 1.95 bits per heavy atom. The molecular formula is C14H17NO4S. The fourth-order valence-electron chi connectivity index (χ4n) is 2.29. The Bertz CT molecular complexity index is 632. The van der Waals surface area contributed by atoms with Gasteiger partial charge in [-0.25, -0.2) is 13.2 Å². The Kier molecular flexibility index (Phi) is 3.30. The maximum atomic E-state index is 12.7. The summed E-state index contributed by atoms with van der Waals surface area (Å²) in [7, 11) is -3.58. The van der Waals surface area contributed by atoms with Gasteiger partial charge in [0.05, 0.1) is 10.5 Å². The molecule has 0 amide bonds. The quantitative estimate of drug-likeness (QED) is 0.870. The number of nitrogens with zero attached hydrogens (tertiary/aromatic N) is 1. The first kappa shape index (κ1) is 13.6. The Hall–Kier alpha value is -1.40. The molecule has 3 rings (SSSR count). The minimum atomic E-state index is -3.58. The predicted molar refractivity (Wildman–Crippen MR) is 73.0 cm³/mol. The van der Waals surface area contributed by atoms with Crippen molar-refractivity contribution >= 4 is 16.0 Å². The van der Waals surface area contributed by atoms with Crippen LogP contribution < -0.4 is 0 Å². The van der Waals surface area contributed by atoms with Crippen LogP contribution >= 0.6 is 0 Å². The normalized spacial score (nSPS) is 19.2. The number of benzene rings is 1. The van der Waals surface area contributed by atoms with Gasteiger partial charge in [-0.1, -0.05) is 6.07 Å². The molecular weight excluding hydrogens is 278 g/mol. The molecule has 2 saturated carbocycles. The minimum Gasteiger partial charge on any atom is -0.478 e. The van der Waals surface area contributed by atoms with Gasteiger partial charge in [0.1, 0.15) is 0 Å². The maximum absolute atomic E-state index is 12.7. The van der Waals surface area contributed by atoms with Crippen molar-refractivity contribution in [2.24, 2.45) is 5.92 Å². The number of carbonyl (C=O) groups is 1. The molecule has 1 aromatic rings. The van der Waals surface area contributed by atoms with Crippen LogP contribution in [0, 0.1) is 5.92 Å². The Morgan fingerprint density at radius 1 is 1.25 bits per heavy atom. The number of carboxylic acid groups (broad SMARTS) is 1. The highest BCUT2D eigenvalue weighted by atomic mass is 32.2. The molecule has 2 aliphatic carbocycles. The van der Waals surface area contributed by atoms with Gasteiger partial charge < -0.3 is 5.11 Å². The predicted octanol–water partition coefficient (Wildman–Crippen LogP) is 1.95. The smallest absolute Gasteiger partial charge is 0.335 e. The van der Waals surface area contributed by atoms with Crippen LogP contribution in [0.5, 0.6) is 0 Å². The summed E-state index contributed by atoms with van der Waals surface area (Å²) in [4.78, 5) is 11.1. The van der Waals surface area contributed by atoms with Crippen LogP contribution in [0.1, 0.15) is 36.0 Å². The zero-order valence-corrected chi connectivity index (χ0v) is 11.8. The van der Waals surface area contributed by atoms with Gasteiger partial charge in [-0.15, -0.1) is 0 Å². The van der Waals surface area contributed by atoms with Crippen LogP contribution in [-0.2, 0) is 10.0 Å². The molecule has 6 heteroatoms. The lowest BCUT2D eigenvalue weighted by atomic mass is 10.2. The highest BCUT2D eigenvalue weighted by Gasteiger charge is 2.41. The number of aromatic carboxylic acids is 1. The van der Waals surface area contributed by atoms with Crippen LogP contribution in [0.4, 0.5) is 0 Å². The second kappa shape index (κ2) is 4.86. The number of rotatable bonds is 6. The Balaban J connectivity index is 1.92. The molecule has 0 spiro atoms. The summed E-state index contributed by atoms with van der Waals surface area (Å²) >= 11 is 0. The third kappa shape index (κ3) is 2.71. The van der Waals surface area contributed by atoms with E-state index in [4.69, 9.17) is 5.11 Å². The first-order chi connectivity index (χ1) is 9.48. The fourth-order valence-corrected chi connectivity index (χ4v) is 4.09. The zero-order chi connectivity index (χ0) is 14.3. The van der Waals surface area contributed by atoms with E-state index in [0.717, 1.165) is 25.7 Å². The molecule has 0 atom stereocenters. The fraction of sp³-hybridized carbons (Fsp3) is 0.500. The van der Waals surface area contributed by atoms with Crippen LogP contribution in [0.2, 0.25) is 0 Å². The van der Waals surface area contributed by atoms with Crippen molar-refractivity contribution in [2.75, 3.05) is 6.54 Å². The highest BCUT2D eigenvalue weighted by molar-refractivity contribution is 7.89. The second-order valence-corrected chi connectivity index (χ2v) is 7.47. The van der Waals surface area contributed by atoms with Crippen LogP contribution in [0.25, 0.3) is 0 Å². The summed E-state index contributed by atoms with van der Waals surface area (Å²) in [6, 6.07) is 5.72. The van der Waals surface area contributed by atoms with E-state index in [2.05, 4.69) is 0 Å². The topological polar surface area (TPSA) is 74.7 Å². The van der Waals surface area contributed by atoms with Gasteiger partial charge in [0.15, 0.2) is 0 Å². The van der Waals surface area contributed by atoms with E-state index < -0.39 is 16.0 Å². The molecule has 0 radical (unpaired) electrons. The summed E-state index contributed by atoms with van der Waals surface area (Å²) in [6.45, 7) is 0.574. The maximum Gasteiger partial charge on any atom is 0.335 e. The third-order valence-corrected chi connectivity index (χ3v) is 5.69. The molecule has 2 aliphatic rings. The van der Waals surface area contributed by atoms with Crippen molar-refractivity contribution in [3.8, 4) is 0 Å². The Labute approximate surface area is 118 Å². The average molecular weight is 295 g/mol. The molecule has 0 aliphatic heterocycles. The van der Waals surface area contributed by atoms with Crippen LogP contribution in [-0.4, -0.2) is 36.4 Å². The van der Waals surface area contributed by atoms with Gasteiger partial charge in [0.25, 0.3) is 0 Å². The molecule has 0 heterocycles. The van der Waals surface area contributed by atoms with Crippen molar-refractivity contribution in [3.05, 3.63) is 29.8 Å². The van der Waals surface area contributed by atoms with E-state index in [1.165, 1.54) is 24.3 Å². The second-order valence-electron chi connectivity index (χ2n) is 5.58. The number of hydrogen-bond donors (Lipinski definition) is 1. The molecule has 2 fully saturated rings. The molecule has 0 bridgehead atoms. The summed E-state index contributed by atoms with van der Waals surface area (Å²) in [5, 5.41) is 8.98. The molecule has 1 aromatic carbocycles. The van der Waals surface area contributed by atoms with E-state index in [1.807, 2.05) is 0 Å². The lowest BCUT2D eigenvalue weighted by molar-refractivity contribution is 0.0696. The van der Waals surface area contributed by atoms with Crippen molar-refractivity contribution < 1.29 is 18.3 Å². The summed E-state index contributed by atoms with van der Waals surface area (Å²) < 4.78 is 26.9. The number of sulfonamides is 1. The third-order valence-electron chi connectivity index (χ3n) is 3.78. The van der Waals surface area contributed by atoms with E-state index in [0.29, 0.717) is 12.5 Å². The number of hydrogen-bond acceptors (Lipinski definition) is 3. The van der Waals surface area contributed by atoms with Gasteiger partial charge >= 0.3 is 5.97 Å². The molecule has 0 saturated heterocycles. The van der Waals surface area contributed by atoms with Gasteiger partial charge in [0.2, 0.25) is 10.0 Å². The first-order valence-electron chi connectivity index (χ1n) is 6.83. The lowest BCUT2D eigenvalue weighted by Crippen LogP contribution is -2.35. The highest BCUT2D eigenvalue weighted by Crippen LogP contribution is 2.38. The largest absolute Gasteiger partial charge is 0.478 e. The molecule has 0 unspecified atom stereocenters. The van der Waals surface area contributed by atoms with Crippen LogP contribution in [0.15, 0.2) is 29.2 Å². The molecule has 5 nitrogen and oxygen atoms in total. The van der Waals surface area contributed by atoms with Gasteiger partial charge in [-0.2, -0.15) is 4.31 Å². The minimum absolute atomic E-state index is 0.00763.